The molecule has 0 atom stereocenters. The molecular formula is C12H17ClN2O3. The number of nitrogens with zero attached hydrogens (tertiary/aromatic N) is 1. The number of aromatic nitrogens is 2. The smallest absolute Gasteiger partial charge is 0.329 e. The molecule has 0 bridgehead atoms. The van der Waals surface area contributed by atoms with E-state index in [1.807, 2.05) is 0 Å². The number of methoxy groups -OCH3 is 1. The van der Waals surface area contributed by atoms with E-state index in [1.165, 1.54) is 4.57 Å². The number of nitrogens with one attached hydrogen (secondary N) is 1. The molecule has 1 saturated carbocycles. The average molecular weight is 273 g/mol. The predicted molar refractivity (Wildman–Crippen MR) is 69.2 cm³/mol. The fourth-order valence-electron chi connectivity index (χ4n) is 2.11. The van der Waals surface area contributed by atoms with Crippen LogP contribution in [0.5, 0.6) is 0 Å². The first-order chi connectivity index (χ1) is 8.49. The summed E-state index contributed by atoms with van der Waals surface area (Å²) in [5.41, 5.74) is -0.293. The molecule has 0 unspecified atom stereocenters. The fraction of sp³-hybridized carbons (Fsp3) is 0.667. The molecule has 100 valence electrons. The molecule has 1 aliphatic rings. The van der Waals surface area contributed by atoms with E-state index in [4.69, 9.17) is 16.3 Å². The molecule has 0 radical (unpaired) electrons. The van der Waals surface area contributed by atoms with Gasteiger partial charge >= 0.3 is 5.69 Å². The summed E-state index contributed by atoms with van der Waals surface area (Å²) in [6.07, 6.45) is 2.94. The predicted octanol–water partition coefficient (Wildman–Crippen LogP) is 1.32. The molecule has 0 aliphatic heterocycles. The number of aromatic amines is 1. The Morgan fingerprint density at radius 3 is 2.67 bits per heavy atom. The van der Waals surface area contributed by atoms with E-state index < -0.39 is 5.69 Å². The van der Waals surface area contributed by atoms with Crippen molar-refractivity contribution in [3.63, 3.8) is 0 Å². The van der Waals surface area contributed by atoms with Crippen molar-refractivity contribution < 1.29 is 4.74 Å². The van der Waals surface area contributed by atoms with E-state index in [1.54, 1.807) is 14.0 Å². The van der Waals surface area contributed by atoms with E-state index in [-0.39, 0.29) is 16.1 Å². The van der Waals surface area contributed by atoms with Crippen molar-refractivity contribution in [2.75, 3.05) is 13.7 Å². The quantitative estimate of drug-likeness (QED) is 0.822. The van der Waals surface area contributed by atoms with Crippen molar-refractivity contribution in [1.29, 1.82) is 0 Å². The maximum Gasteiger partial charge on any atom is 0.329 e. The van der Waals surface area contributed by atoms with Crippen LogP contribution in [0, 0.1) is 12.3 Å². The van der Waals surface area contributed by atoms with Crippen molar-refractivity contribution in [2.45, 2.75) is 32.7 Å². The third kappa shape index (κ3) is 2.52. The number of hydrogen-bond acceptors (Lipinski definition) is 3. The summed E-state index contributed by atoms with van der Waals surface area (Å²) in [5.74, 6) is 0. The highest BCUT2D eigenvalue weighted by Crippen LogP contribution is 2.49. The van der Waals surface area contributed by atoms with Gasteiger partial charge in [0, 0.05) is 25.8 Å². The van der Waals surface area contributed by atoms with Crippen molar-refractivity contribution in [1.82, 2.24) is 9.55 Å². The second kappa shape index (κ2) is 4.90. The van der Waals surface area contributed by atoms with Crippen LogP contribution in [0.3, 0.4) is 0 Å². The monoisotopic (exact) mass is 272 g/mol. The summed E-state index contributed by atoms with van der Waals surface area (Å²) in [5, 5.41) is 0.128. The largest absolute Gasteiger partial charge is 0.385 e. The zero-order chi connectivity index (χ0) is 13.3. The lowest BCUT2D eigenvalue weighted by atomic mass is 10.0. The summed E-state index contributed by atoms with van der Waals surface area (Å²) in [6.45, 7) is 2.72. The van der Waals surface area contributed by atoms with E-state index in [0.29, 0.717) is 18.7 Å². The van der Waals surface area contributed by atoms with Gasteiger partial charge in [-0.2, -0.15) is 0 Å². The molecule has 1 aromatic rings. The topological polar surface area (TPSA) is 64.1 Å². The van der Waals surface area contributed by atoms with Crippen LogP contribution in [-0.2, 0) is 11.3 Å². The van der Waals surface area contributed by atoms with Gasteiger partial charge in [0.2, 0.25) is 0 Å². The Bertz CT molecular complexity index is 557. The van der Waals surface area contributed by atoms with Gasteiger partial charge in [-0.1, -0.05) is 11.6 Å². The Morgan fingerprint density at radius 2 is 2.11 bits per heavy atom. The number of rotatable bonds is 5. The van der Waals surface area contributed by atoms with Crippen molar-refractivity contribution in [3.05, 3.63) is 31.6 Å². The Balaban J connectivity index is 2.28. The lowest BCUT2D eigenvalue weighted by molar-refractivity contribution is 0.166. The van der Waals surface area contributed by atoms with Gasteiger partial charge in [0.1, 0.15) is 5.15 Å². The lowest BCUT2D eigenvalue weighted by Crippen LogP contribution is -2.39. The summed E-state index contributed by atoms with van der Waals surface area (Å²) in [7, 11) is 1.65. The lowest BCUT2D eigenvalue weighted by Gasteiger charge is -2.16. The number of hydrogen-bond donors (Lipinski definition) is 1. The summed E-state index contributed by atoms with van der Waals surface area (Å²) in [6, 6.07) is 0. The molecule has 0 aromatic carbocycles. The van der Waals surface area contributed by atoms with Gasteiger partial charge in [0.15, 0.2) is 0 Å². The van der Waals surface area contributed by atoms with Gasteiger partial charge in [-0.25, -0.2) is 4.79 Å². The minimum absolute atomic E-state index is 0.0487. The number of halogens is 1. The highest BCUT2D eigenvalue weighted by Gasteiger charge is 2.43. The molecule has 0 amide bonds. The highest BCUT2D eigenvalue weighted by molar-refractivity contribution is 6.30. The van der Waals surface area contributed by atoms with E-state index in [2.05, 4.69) is 4.98 Å². The Kier molecular flexibility index (Phi) is 3.64. The second-order valence-corrected chi connectivity index (χ2v) is 5.38. The molecule has 1 heterocycles. The van der Waals surface area contributed by atoms with Gasteiger partial charge in [-0.15, -0.1) is 0 Å². The summed E-state index contributed by atoms with van der Waals surface area (Å²) < 4.78 is 6.32. The molecule has 1 N–H and O–H groups in total. The molecular weight excluding hydrogens is 256 g/mol. The molecule has 1 fully saturated rings. The van der Waals surface area contributed by atoms with Crippen molar-refractivity contribution in [2.24, 2.45) is 5.41 Å². The minimum Gasteiger partial charge on any atom is -0.385 e. The molecule has 18 heavy (non-hydrogen) atoms. The second-order valence-electron chi connectivity index (χ2n) is 5.00. The normalized spacial score (nSPS) is 16.8. The molecule has 0 saturated heterocycles. The minimum atomic E-state index is -0.431. The first-order valence-corrected chi connectivity index (χ1v) is 6.35. The fourth-order valence-corrected chi connectivity index (χ4v) is 2.27. The number of H-pyrrole nitrogens is 1. The van der Waals surface area contributed by atoms with Gasteiger partial charge in [-0.05, 0) is 31.6 Å². The van der Waals surface area contributed by atoms with Crippen LogP contribution in [0.1, 0.15) is 24.8 Å². The third-order valence-corrected chi connectivity index (χ3v) is 4.02. The van der Waals surface area contributed by atoms with Crippen molar-refractivity contribution >= 4 is 11.6 Å². The van der Waals surface area contributed by atoms with Crippen LogP contribution in [0.25, 0.3) is 0 Å². The van der Waals surface area contributed by atoms with E-state index >= 15 is 0 Å². The van der Waals surface area contributed by atoms with Gasteiger partial charge in [-0.3, -0.25) is 14.3 Å². The first kappa shape index (κ1) is 13.4. The Labute approximate surface area is 110 Å². The first-order valence-electron chi connectivity index (χ1n) is 5.97. The van der Waals surface area contributed by atoms with E-state index in [9.17, 15) is 9.59 Å². The van der Waals surface area contributed by atoms with Gasteiger partial charge in [0.25, 0.3) is 5.56 Å². The maximum absolute atomic E-state index is 12.0. The third-order valence-electron chi connectivity index (χ3n) is 3.64. The van der Waals surface area contributed by atoms with Crippen LogP contribution >= 0.6 is 11.6 Å². The number of ether oxygens (including phenoxy) is 1. The van der Waals surface area contributed by atoms with Gasteiger partial charge in [0.05, 0.1) is 0 Å². The molecule has 1 aliphatic carbocycles. The van der Waals surface area contributed by atoms with Crippen molar-refractivity contribution in [3.8, 4) is 0 Å². The van der Waals surface area contributed by atoms with Crippen LogP contribution in [0.2, 0.25) is 5.15 Å². The van der Waals surface area contributed by atoms with Crippen LogP contribution in [0.15, 0.2) is 9.59 Å². The molecule has 1 aromatic heterocycles. The molecule has 6 heteroatoms. The summed E-state index contributed by atoms with van der Waals surface area (Å²) >= 11 is 5.77. The Morgan fingerprint density at radius 1 is 1.44 bits per heavy atom. The summed E-state index contributed by atoms with van der Waals surface area (Å²) in [4.78, 5) is 26.3. The maximum atomic E-state index is 12.0. The van der Waals surface area contributed by atoms with Crippen LogP contribution in [0.4, 0.5) is 0 Å². The van der Waals surface area contributed by atoms with Gasteiger partial charge < -0.3 is 4.74 Å². The zero-order valence-corrected chi connectivity index (χ0v) is 11.3. The highest BCUT2D eigenvalue weighted by atomic mass is 35.5. The Hall–Kier alpha value is -1.07. The average Bonchev–Trinajstić information content (AvgIpc) is 3.10. The molecule has 2 rings (SSSR count). The van der Waals surface area contributed by atoms with Crippen LogP contribution in [-0.4, -0.2) is 23.3 Å². The van der Waals surface area contributed by atoms with E-state index in [0.717, 1.165) is 19.3 Å². The van der Waals surface area contributed by atoms with Crippen LogP contribution < -0.4 is 11.2 Å². The molecule has 5 nitrogen and oxygen atoms in total. The standard InChI is InChI=1S/C12H17ClN2O3/c1-8-9(13)14-11(17)15(10(8)16)7-12(3-4-12)5-6-18-2/h3-7H2,1-2H3,(H,14,17). The molecule has 0 spiro atoms. The SMILES string of the molecule is COCCC1(Cn2c(=O)[nH]c(Cl)c(C)c2=O)CC1. The zero-order valence-electron chi connectivity index (χ0n) is 10.6.